The average molecular weight is 543 g/mol. The third-order valence-corrected chi connectivity index (χ3v) is 7.74. The van der Waals surface area contributed by atoms with Gasteiger partial charge >= 0.3 is 0 Å². The molecule has 0 saturated heterocycles. The van der Waals surface area contributed by atoms with E-state index in [1.54, 1.807) is 38.1 Å². The maximum absolute atomic E-state index is 13.3. The lowest BCUT2D eigenvalue weighted by Crippen LogP contribution is -2.47. The van der Waals surface area contributed by atoms with Gasteiger partial charge in [0.05, 0.1) is 11.9 Å². The number of carbonyl (C=O) groups is 2. The molecule has 1 N–H and O–H groups in total. The van der Waals surface area contributed by atoms with Crippen LogP contribution in [0, 0.1) is 13.8 Å². The number of sulfonamides is 1. The molecule has 0 radical (unpaired) electrons. The Kier molecular flexibility index (Phi) is 10.4. The van der Waals surface area contributed by atoms with E-state index in [0.29, 0.717) is 27.8 Å². The zero-order chi connectivity index (χ0) is 26.3. The molecule has 0 saturated carbocycles. The van der Waals surface area contributed by atoms with Crippen molar-refractivity contribution in [1.29, 1.82) is 0 Å². The summed E-state index contributed by atoms with van der Waals surface area (Å²) in [6, 6.07) is 9.75. The summed E-state index contributed by atoms with van der Waals surface area (Å²) in [5, 5.41) is 3.53. The Labute approximate surface area is 218 Å². The maximum atomic E-state index is 13.3. The monoisotopic (exact) mass is 541 g/mol. The molecule has 0 heterocycles. The Morgan fingerprint density at radius 3 is 2.23 bits per heavy atom. The molecule has 2 amide bonds. The number of benzene rings is 2. The van der Waals surface area contributed by atoms with E-state index < -0.39 is 16.1 Å². The molecule has 2 aromatic carbocycles. The van der Waals surface area contributed by atoms with Gasteiger partial charge in [-0.25, -0.2) is 8.42 Å². The molecule has 192 valence electrons. The highest BCUT2D eigenvalue weighted by Crippen LogP contribution is 2.27. The summed E-state index contributed by atoms with van der Waals surface area (Å²) in [5.74, 6) is -0.592. The van der Waals surface area contributed by atoms with Gasteiger partial charge in [0.15, 0.2) is 0 Å². The van der Waals surface area contributed by atoms with Gasteiger partial charge in [-0.1, -0.05) is 35.3 Å². The predicted octanol–water partition coefficient (Wildman–Crippen LogP) is 4.71. The highest BCUT2D eigenvalue weighted by Gasteiger charge is 2.27. The van der Waals surface area contributed by atoms with Crippen molar-refractivity contribution in [3.8, 4) is 0 Å². The molecule has 10 heteroatoms. The summed E-state index contributed by atoms with van der Waals surface area (Å²) >= 11 is 12.6. The van der Waals surface area contributed by atoms with Crippen LogP contribution in [0.25, 0.3) is 0 Å². The molecule has 0 aromatic heterocycles. The highest BCUT2D eigenvalue weighted by molar-refractivity contribution is 7.92. The van der Waals surface area contributed by atoms with Crippen molar-refractivity contribution in [3.05, 3.63) is 63.1 Å². The van der Waals surface area contributed by atoms with E-state index >= 15 is 0 Å². The van der Waals surface area contributed by atoms with Crippen molar-refractivity contribution in [2.45, 2.75) is 53.1 Å². The lowest BCUT2D eigenvalue weighted by Gasteiger charge is -2.30. The SMILES string of the molecule is CCNC(=O)[C@@H](C)N(Cc1c(Cl)cccc1Cl)C(=O)CCCN(c1ccc(C)c(C)c1)S(C)(=O)=O. The molecule has 0 aliphatic rings. The van der Waals surface area contributed by atoms with Crippen LogP contribution in [-0.4, -0.2) is 50.5 Å². The molecule has 0 unspecified atom stereocenters. The lowest BCUT2D eigenvalue weighted by molar-refractivity contribution is -0.140. The van der Waals surface area contributed by atoms with E-state index in [4.69, 9.17) is 23.2 Å². The zero-order valence-corrected chi connectivity index (χ0v) is 23.1. The second-order valence-electron chi connectivity index (χ2n) is 8.50. The van der Waals surface area contributed by atoms with Crippen molar-refractivity contribution in [3.63, 3.8) is 0 Å². The molecule has 2 rings (SSSR count). The largest absolute Gasteiger partial charge is 0.355 e. The minimum Gasteiger partial charge on any atom is -0.355 e. The molecule has 35 heavy (non-hydrogen) atoms. The Morgan fingerprint density at radius 1 is 1.06 bits per heavy atom. The Hall–Kier alpha value is -2.29. The summed E-state index contributed by atoms with van der Waals surface area (Å²) in [4.78, 5) is 27.3. The molecule has 1 atom stereocenters. The van der Waals surface area contributed by atoms with Gasteiger partial charge in [0, 0.05) is 41.7 Å². The third kappa shape index (κ3) is 7.85. The zero-order valence-electron chi connectivity index (χ0n) is 20.8. The summed E-state index contributed by atoms with van der Waals surface area (Å²) in [6.07, 6.45) is 1.46. The van der Waals surface area contributed by atoms with Crippen LogP contribution in [0.15, 0.2) is 36.4 Å². The first kappa shape index (κ1) is 28.9. The predicted molar refractivity (Wildman–Crippen MR) is 142 cm³/mol. The van der Waals surface area contributed by atoms with Crippen LogP contribution in [0.2, 0.25) is 10.0 Å². The molecule has 2 aromatic rings. The Balaban J connectivity index is 2.22. The van der Waals surface area contributed by atoms with Crippen LogP contribution in [0.5, 0.6) is 0 Å². The third-order valence-electron chi connectivity index (χ3n) is 5.84. The van der Waals surface area contributed by atoms with E-state index in [0.717, 1.165) is 17.4 Å². The Bertz CT molecular complexity index is 1150. The number of anilines is 1. The summed E-state index contributed by atoms with van der Waals surface area (Å²) in [5.41, 5.74) is 3.14. The van der Waals surface area contributed by atoms with Gasteiger partial charge in [0.2, 0.25) is 21.8 Å². The molecule has 0 aliphatic heterocycles. The van der Waals surface area contributed by atoms with E-state index in [1.807, 2.05) is 26.0 Å². The average Bonchev–Trinajstić information content (AvgIpc) is 2.77. The quantitative estimate of drug-likeness (QED) is 0.446. The molecular weight excluding hydrogens is 509 g/mol. The standard InChI is InChI=1S/C25H33Cl2N3O4S/c1-6-28-25(32)19(4)29(16-21-22(26)9-7-10-23(21)27)24(31)11-8-14-30(35(5,33)34)20-13-12-17(2)18(3)15-20/h7,9-10,12-13,15,19H,6,8,11,14,16H2,1-5H3,(H,28,32)/t19-/m1/s1. The minimum absolute atomic E-state index is 0.0443. The number of hydrogen-bond donors (Lipinski definition) is 1. The normalized spacial score (nSPS) is 12.2. The fourth-order valence-corrected chi connectivity index (χ4v) is 5.12. The van der Waals surface area contributed by atoms with Gasteiger partial charge in [-0.05, 0) is 69.5 Å². The van der Waals surface area contributed by atoms with E-state index in [1.165, 1.54) is 9.21 Å². The van der Waals surface area contributed by atoms with Crippen LogP contribution in [-0.2, 0) is 26.2 Å². The van der Waals surface area contributed by atoms with Gasteiger partial charge in [-0.15, -0.1) is 0 Å². The number of hydrogen-bond acceptors (Lipinski definition) is 4. The Morgan fingerprint density at radius 2 is 1.69 bits per heavy atom. The minimum atomic E-state index is -3.55. The van der Waals surface area contributed by atoms with E-state index in [2.05, 4.69) is 5.32 Å². The number of halogens is 2. The molecule has 0 fully saturated rings. The van der Waals surface area contributed by atoms with Crippen LogP contribution in [0.3, 0.4) is 0 Å². The first-order valence-electron chi connectivity index (χ1n) is 11.4. The first-order chi connectivity index (χ1) is 16.4. The van der Waals surface area contributed by atoms with Crippen molar-refractivity contribution < 1.29 is 18.0 Å². The molecule has 7 nitrogen and oxygen atoms in total. The molecule has 0 bridgehead atoms. The fourth-order valence-electron chi connectivity index (χ4n) is 3.64. The van der Waals surface area contributed by atoms with Gasteiger partial charge in [0.25, 0.3) is 0 Å². The number of aryl methyl sites for hydroxylation is 2. The van der Waals surface area contributed by atoms with E-state index in [-0.39, 0.29) is 37.7 Å². The van der Waals surface area contributed by atoms with Crippen LogP contribution < -0.4 is 9.62 Å². The van der Waals surface area contributed by atoms with Crippen LogP contribution in [0.1, 0.15) is 43.4 Å². The number of rotatable bonds is 11. The van der Waals surface area contributed by atoms with Crippen molar-refractivity contribution in [1.82, 2.24) is 10.2 Å². The summed E-state index contributed by atoms with van der Waals surface area (Å²) in [6.45, 7) is 7.94. The second-order valence-corrected chi connectivity index (χ2v) is 11.2. The van der Waals surface area contributed by atoms with Crippen molar-refractivity contribution in [2.24, 2.45) is 0 Å². The van der Waals surface area contributed by atoms with Gasteiger partial charge in [0.1, 0.15) is 6.04 Å². The topological polar surface area (TPSA) is 86.8 Å². The van der Waals surface area contributed by atoms with Gasteiger partial charge in [-0.2, -0.15) is 0 Å². The van der Waals surface area contributed by atoms with Crippen molar-refractivity contribution in [2.75, 3.05) is 23.7 Å². The molecule has 0 aliphatic carbocycles. The summed E-state index contributed by atoms with van der Waals surface area (Å²) in [7, 11) is -3.55. The first-order valence-corrected chi connectivity index (χ1v) is 14.0. The highest BCUT2D eigenvalue weighted by atomic mass is 35.5. The van der Waals surface area contributed by atoms with Crippen LogP contribution in [0.4, 0.5) is 5.69 Å². The van der Waals surface area contributed by atoms with Crippen LogP contribution >= 0.6 is 23.2 Å². The van der Waals surface area contributed by atoms with Crippen molar-refractivity contribution >= 4 is 50.7 Å². The fraction of sp³-hybridized carbons (Fsp3) is 0.440. The molecule has 0 spiro atoms. The number of amides is 2. The number of carbonyl (C=O) groups excluding carboxylic acids is 2. The van der Waals surface area contributed by atoms with Gasteiger partial charge in [-0.3, -0.25) is 13.9 Å². The number of nitrogens with one attached hydrogen (secondary N) is 1. The maximum Gasteiger partial charge on any atom is 0.242 e. The molecular formula is C25H33Cl2N3O4S. The van der Waals surface area contributed by atoms with Gasteiger partial charge < -0.3 is 10.2 Å². The number of nitrogens with zero attached hydrogens (tertiary/aromatic N) is 2. The number of likely N-dealkylation sites (N-methyl/N-ethyl adjacent to an activating group) is 1. The lowest BCUT2D eigenvalue weighted by atomic mass is 10.1. The second kappa shape index (κ2) is 12.6. The smallest absolute Gasteiger partial charge is 0.242 e. The summed E-state index contributed by atoms with van der Waals surface area (Å²) < 4.78 is 26.2. The van der Waals surface area contributed by atoms with E-state index in [9.17, 15) is 18.0 Å².